The van der Waals surface area contributed by atoms with Crippen LogP contribution in [0.25, 0.3) is 0 Å². The van der Waals surface area contributed by atoms with E-state index in [9.17, 15) is 9.59 Å². The van der Waals surface area contributed by atoms with E-state index in [0.29, 0.717) is 26.1 Å². The molecule has 5 nitrogen and oxygen atoms in total. The Morgan fingerprint density at radius 1 is 1.58 bits per heavy atom. The topological polar surface area (TPSA) is 62.6 Å². The first-order valence-corrected chi connectivity index (χ1v) is 6.78. The summed E-state index contributed by atoms with van der Waals surface area (Å²) in [4.78, 5) is 25.2. The molecule has 2 rings (SSSR count). The molecule has 1 aromatic heterocycles. The summed E-state index contributed by atoms with van der Waals surface area (Å²) in [6, 6.07) is 3.79. The summed E-state index contributed by atoms with van der Waals surface area (Å²) in [6.45, 7) is 3.79. The minimum absolute atomic E-state index is 0.0104. The maximum atomic E-state index is 11.9. The Kier molecular flexibility index (Phi) is 4.60. The van der Waals surface area contributed by atoms with Gasteiger partial charge in [-0.25, -0.2) is 0 Å². The molecule has 2 amide bonds. The second-order valence-corrected chi connectivity index (χ2v) is 4.81. The lowest BCUT2D eigenvalue weighted by Crippen LogP contribution is -2.33. The third-order valence-electron chi connectivity index (χ3n) is 3.45. The van der Waals surface area contributed by atoms with Crippen LogP contribution in [0.3, 0.4) is 0 Å². The van der Waals surface area contributed by atoms with Crippen molar-refractivity contribution in [2.24, 2.45) is 5.92 Å². The van der Waals surface area contributed by atoms with Crippen LogP contribution in [0.15, 0.2) is 22.8 Å². The molecule has 1 unspecified atom stereocenters. The van der Waals surface area contributed by atoms with Gasteiger partial charge in [-0.15, -0.1) is 0 Å². The van der Waals surface area contributed by atoms with E-state index in [1.54, 1.807) is 11.2 Å². The number of nitrogens with one attached hydrogen (secondary N) is 1. The maximum absolute atomic E-state index is 11.9. The Morgan fingerprint density at radius 2 is 2.42 bits per heavy atom. The fraction of sp³-hybridized carbons (Fsp3) is 0.571. The number of furan rings is 1. The highest BCUT2D eigenvalue weighted by atomic mass is 16.3. The number of carbonyl (C=O) groups excluding carboxylic acids is 2. The van der Waals surface area contributed by atoms with E-state index in [1.165, 1.54) is 0 Å². The van der Waals surface area contributed by atoms with Gasteiger partial charge in [0, 0.05) is 32.5 Å². The number of aryl methyl sites for hydroxylation is 1. The highest BCUT2D eigenvalue weighted by Crippen LogP contribution is 2.17. The number of nitrogens with zero attached hydrogens (tertiary/aromatic N) is 1. The third kappa shape index (κ3) is 3.59. The van der Waals surface area contributed by atoms with Gasteiger partial charge < -0.3 is 14.6 Å². The zero-order chi connectivity index (χ0) is 13.7. The van der Waals surface area contributed by atoms with E-state index < -0.39 is 0 Å². The van der Waals surface area contributed by atoms with Crippen molar-refractivity contribution in [2.75, 3.05) is 19.6 Å². The molecule has 1 atom stereocenters. The number of hydrogen-bond acceptors (Lipinski definition) is 3. The van der Waals surface area contributed by atoms with Crippen LogP contribution in [0.5, 0.6) is 0 Å². The van der Waals surface area contributed by atoms with Gasteiger partial charge in [-0.05, 0) is 25.5 Å². The van der Waals surface area contributed by atoms with Crippen LogP contribution in [0.4, 0.5) is 0 Å². The fourth-order valence-electron chi connectivity index (χ4n) is 2.33. The zero-order valence-electron chi connectivity index (χ0n) is 11.2. The van der Waals surface area contributed by atoms with Crippen molar-refractivity contribution in [2.45, 2.75) is 26.2 Å². The molecule has 0 bridgehead atoms. The summed E-state index contributed by atoms with van der Waals surface area (Å²) in [6.07, 6.45) is 3.66. The van der Waals surface area contributed by atoms with Crippen LogP contribution in [0.2, 0.25) is 0 Å². The van der Waals surface area contributed by atoms with E-state index in [4.69, 9.17) is 4.42 Å². The molecular weight excluding hydrogens is 244 g/mol. The van der Waals surface area contributed by atoms with Crippen molar-refractivity contribution in [1.82, 2.24) is 10.2 Å². The molecule has 5 heteroatoms. The summed E-state index contributed by atoms with van der Waals surface area (Å²) in [5.41, 5.74) is 0. The van der Waals surface area contributed by atoms with Crippen LogP contribution < -0.4 is 5.32 Å². The molecule has 1 N–H and O–H groups in total. The van der Waals surface area contributed by atoms with Crippen LogP contribution in [0, 0.1) is 5.92 Å². The standard InChI is InChI=1S/C14H20N2O3/c1-2-16-10-11(9-13(16)17)14(18)15-7-3-5-12-6-4-8-19-12/h4,6,8,11H,2-3,5,7,9-10H2,1H3,(H,15,18). The lowest BCUT2D eigenvalue weighted by Gasteiger charge is -2.13. The van der Waals surface area contributed by atoms with Crippen molar-refractivity contribution in [1.29, 1.82) is 0 Å². The Labute approximate surface area is 113 Å². The quantitative estimate of drug-likeness (QED) is 0.785. The van der Waals surface area contributed by atoms with Crippen molar-refractivity contribution >= 4 is 11.8 Å². The van der Waals surface area contributed by atoms with Crippen molar-refractivity contribution in [3.05, 3.63) is 24.2 Å². The molecule has 1 aliphatic rings. The van der Waals surface area contributed by atoms with Gasteiger partial charge in [0.2, 0.25) is 11.8 Å². The monoisotopic (exact) mass is 264 g/mol. The summed E-state index contributed by atoms with van der Waals surface area (Å²) in [7, 11) is 0. The van der Waals surface area contributed by atoms with Crippen LogP contribution >= 0.6 is 0 Å². The molecular formula is C14H20N2O3. The van der Waals surface area contributed by atoms with E-state index in [0.717, 1.165) is 18.6 Å². The Balaban J connectivity index is 1.66. The van der Waals surface area contributed by atoms with Crippen LogP contribution in [-0.2, 0) is 16.0 Å². The Hall–Kier alpha value is -1.78. The largest absolute Gasteiger partial charge is 0.469 e. The predicted octanol–water partition coefficient (Wildman–Crippen LogP) is 1.20. The first kappa shape index (κ1) is 13.6. The molecule has 2 heterocycles. The van der Waals surface area contributed by atoms with Gasteiger partial charge in [-0.1, -0.05) is 0 Å². The van der Waals surface area contributed by atoms with Gasteiger partial charge in [0.15, 0.2) is 0 Å². The minimum atomic E-state index is -0.184. The van der Waals surface area contributed by atoms with Gasteiger partial charge >= 0.3 is 0 Å². The number of rotatable bonds is 6. The maximum Gasteiger partial charge on any atom is 0.225 e. The molecule has 0 aliphatic carbocycles. The molecule has 1 fully saturated rings. The van der Waals surface area contributed by atoms with Gasteiger partial charge in [-0.3, -0.25) is 9.59 Å². The molecule has 19 heavy (non-hydrogen) atoms. The average Bonchev–Trinajstić information content (AvgIpc) is 3.03. The summed E-state index contributed by atoms with van der Waals surface area (Å²) in [5, 5.41) is 2.89. The van der Waals surface area contributed by atoms with Crippen LogP contribution in [0.1, 0.15) is 25.5 Å². The van der Waals surface area contributed by atoms with Crippen LogP contribution in [-0.4, -0.2) is 36.3 Å². The third-order valence-corrected chi connectivity index (χ3v) is 3.45. The average molecular weight is 264 g/mol. The number of carbonyl (C=O) groups is 2. The second kappa shape index (κ2) is 6.41. The molecule has 0 saturated carbocycles. The fourth-order valence-corrected chi connectivity index (χ4v) is 2.33. The second-order valence-electron chi connectivity index (χ2n) is 4.81. The molecule has 0 aromatic carbocycles. The molecule has 0 spiro atoms. The number of likely N-dealkylation sites (tertiary alicyclic amines) is 1. The van der Waals surface area contributed by atoms with Gasteiger partial charge in [0.25, 0.3) is 0 Å². The van der Waals surface area contributed by atoms with Crippen molar-refractivity contribution < 1.29 is 14.0 Å². The van der Waals surface area contributed by atoms with E-state index in [-0.39, 0.29) is 17.7 Å². The molecule has 1 aliphatic heterocycles. The highest BCUT2D eigenvalue weighted by Gasteiger charge is 2.32. The molecule has 0 radical (unpaired) electrons. The van der Waals surface area contributed by atoms with E-state index >= 15 is 0 Å². The molecule has 1 aromatic rings. The van der Waals surface area contributed by atoms with Gasteiger partial charge in [0.1, 0.15) is 5.76 Å². The number of amides is 2. The van der Waals surface area contributed by atoms with Crippen molar-refractivity contribution in [3.8, 4) is 0 Å². The first-order valence-electron chi connectivity index (χ1n) is 6.78. The number of hydrogen-bond donors (Lipinski definition) is 1. The highest BCUT2D eigenvalue weighted by molar-refractivity contribution is 5.89. The summed E-state index contributed by atoms with van der Waals surface area (Å²) in [5.74, 6) is 0.820. The normalized spacial score (nSPS) is 18.9. The summed E-state index contributed by atoms with van der Waals surface area (Å²) >= 11 is 0. The first-order chi connectivity index (χ1) is 9.20. The minimum Gasteiger partial charge on any atom is -0.469 e. The molecule has 1 saturated heterocycles. The van der Waals surface area contributed by atoms with Gasteiger partial charge in [-0.2, -0.15) is 0 Å². The van der Waals surface area contributed by atoms with Crippen molar-refractivity contribution in [3.63, 3.8) is 0 Å². The Morgan fingerprint density at radius 3 is 3.05 bits per heavy atom. The SMILES string of the molecule is CCN1CC(C(=O)NCCCc2ccco2)CC1=O. The van der Waals surface area contributed by atoms with E-state index in [1.807, 2.05) is 19.1 Å². The lowest BCUT2D eigenvalue weighted by atomic mass is 10.1. The molecule has 104 valence electrons. The summed E-state index contributed by atoms with van der Waals surface area (Å²) < 4.78 is 5.22. The Bertz CT molecular complexity index is 428. The smallest absolute Gasteiger partial charge is 0.225 e. The van der Waals surface area contributed by atoms with E-state index in [2.05, 4.69) is 5.32 Å². The van der Waals surface area contributed by atoms with Gasteiger partial charge in [0.05, 0.1) is 12.2 Å². The zero-order valence-corrected chi connectivity index (χ0v) is 11.2. The lowest BCUT2D eigenvalue weighted by molar-refractivity contribution is -0.128. The predicted molar refractivity (Wildman–Crippen MR) is 70.4 cm³/mol.